The SMILES string of the molecule is C=CCn1c(SCC(=O)Nc2cc(Br)ccc2Br)nnc1[C@H](NC(=O)c1ccccc1)C(C)C. The molecule has 10 heteroatoms. The van der Waals surface area contributed by atoms with Crippen molar-refractivity contribution in [2.24, 2.45) is 5.92 Å². The first-order chi connectivity index (χ1) is 16.3. The predicted molar refractivity (Wildman–Crippen MR) is 143 cm³/mol. The van der Waals surface area contributed by atoms with Crippen LogP contribution in [0.4, 0.5) is 5.69 Å². The van der Waals surface area contributed by atoms with Gasteiger partial charge < -0.3 is 15.2 Å². The molecular weight excluding hydrogens is 582 g/mol. The van der Waals surface area contributed by atoms with Gasteiger partial charge in [-0.1, -0.05) is 65.8 Å². The molecule has 1 aromatic heterocycles. The molecule has 0 saturated heterocycles. The van der Waals surface area contributed by atoms with E-state index in [1.807, 2.05) is 54.8 Å². The van der Waals surface area contributed by atoms with E-state index in [-0.39, 0.29) is 29.5 Å². The van der Waals surface area contributed by atoms with Gasteiger partial charge in [-0.25, -0.2) is 0 Å². The smallest absolute Gasteiger partial charge is 0.251 e. The Kier molecular flexibility index (Phi) is 9.49. The maximum Gasteiger partial charge on any atom is 0.251 e. The van der Waals surface area contributed by atoms with E-state index in [0.29, 0.717) is 28.8 Å². The molecule has 0 saturated carbocycles. The third-order valence-electron chi connectivity index (χ3n) is 4.86. The lowest BCUT2D eigenvalue weighted by Crippen LogP contribution is -2.33. The van der Waals surface area contributed by atoms with Crippen molar-refractivity contribution < 1.29 is 9.59 Å². The number of nitrogens with one attached hydrogen (secondary N) is 2. The quantitative estimate of drug-likeness (QED) is 0.223. The van der Waals surface area contributed by atoms with Crippen LogP contribution in [-0.4, -0.2) is 32.3 Å². The fraction of sp³-hybridized carbons (Fsp3) is 0.250. The van der Waals surface area contributed by atoms with E-state index in [1.54, 1.807) is 18.2 Å². The largest absolute Gasteiger partial charge is 0.342 e. The molecular formula is C24H25Br2N5O2S. The van der Waals surface area contributed by atoms with Gasteiger partial charge in [-0.05, 0) is 52.2 Å². The summed E-state index contributed by atoms with van der Waals surface area (Å²) in [4.78, 5) is 25.4. The van der Waals surface area contributed by atoms with Crippen LogP contribution >= 0.6 is 43.6 Å². The van der Waals surface area contributed by atoms with Gasteiger partial charge in [-0.2, -0.15) is 0 Å². The Bertz CT molecular complexity index is 1170. The fourth-order valence-electron chi connectivity index (χ4n) is 3.19. The van der Waals surface area contributed by atoms with Crippen molar-refractivity contribution in [1.82, 2.24) is 20.1 Å². The molecule has 2 aromatic carbocycles. The lowest BCUT2D eigenvalue weighted by molar-refractivity contribution is -0.113. The van der Waals surface area contributed by atoms with Crippen LogP contribution in [0.1, 0.15) is 36.1 Å². The molecule has 3 rings (SSSR count). The number of allylic oxidation sites excluding steroid dienone is 1. The van der Waals surface area contributed by atoms with Crippen molar-refractivity contribution in [3.8, 4) is 0 Å². The molecule has 3 aromatic rings. The van der Waals surface area contributed by atoms with Crippen molar-refractivity contribution in [2.75, 3.05) is 11.1 Å². The van der Waals surface area contributed by atoms with Crippen LogP contribution in [0.25, 0.3) is 0 Å². The summed E-state index contributed by atoms with van der Waals surface area (Å²) in [5.41, 5.74) is 1.25. The first-order valence-electron chi connectivity index (χ1n) is 10.6. The molecule has 1 atom stereocenters. The molecule has 0 bridgehead atoms. The van der Waals surface area contributed by atoms with Gasteiger partial charge in [-0.15, -0.1) is 16.8 Å². The van der Waals surface area contributed by atoms with E-state index in [9.17, 15) is 9.59 Å². The number of carbonyl (C=O) groups is 2. The van der Waals surface area contributed by atoms with E-state index < -0.39 is 0 Å². The summed E-state index contributed by atoms with van der Waals surface area (Å²) in [6.45, 7) is 8.32. The second-order valence-corrected chi connectivity index (χ2v) is 10.5. The van der Waals surface area contributed by atoms with Crippen LogP contribution in [0.15, 0.2) is 75.3 Å². The van der Waals surface area contributed by atoms with Gasteiger partial charge >= 0.3 is 0 Å². The molecule has 0 aliphatic heterocycles. The van der Waals surface area contributed by atoms with Crippen molar-refractivity contribution >= 4 is 61.1 Å². The Hall–Kier alpha value is -2.43. The summed E-state index contributed by atoms with van der Waals surface area (Å²) in [6.07, 6.45) is 1.74. The average Bonchev–Trinajstić information content (AvgIpc) is 3.21. The zero-order valence-electron chi connectivity index (χ0n) is 18.8. The summed E-state index contributed by atoms with van der Waals surface area (Å²) in [5.74, 6) is 0.487. The van der Waals surface area contributed by atoms with E-state index in [1.165, 1.54) is 11.8 Å². The van der Waals surface area contributed by atoms with E-state index in [2.05, 4.69) is 59.3 Å². The Morgan fingerprint density at radius 1 is 1.15 bits per heavy atom. The highest BCUT2D eigenvalue weighted by Crippen LogP contribution is 2.28. The topological polar surface area (TPSA) is 88.9 Å². The standard InChI is InChI=1S/C24H25Br2N5O2S/c1-4-12-31-22(21(15(2)3)28-23(33)16-8-6-5-7-9-16)29-30-24(31)34-14-20(32)27-19-13-17(25)10-11-18(19)26/h4-11,13,15,21H,1,12,14H2,2-3H3,(H,27,32)(H,28,33)/t21-/m1/s1. The summed E-state index contributed by atoms with van der Waals surface area (Å²) < 4.78 is 3.54. The number of thioether (sulfide) groups is 1. The number of aromatic nitrogens is 3. The first kappa shape index (κ1) is 26.2. The zero-order valence-corrected chi connectivity index (χ0v) is 22.8. The van der Waals surface area contributed by atoms with Crippen molar-refractivity contribution in [3.63, 3.8) is 0 Å². The minimum absolute atomic E-state index is 0.0652. The number of halogens is 2. The van der Waals surface area contributed by atoms with Crippen LogP contribution in [0, 0.1) is 5.92 Å². The minimum atomic E-state index is -0.360. The number of rotatable bonds is 10. The molecule has 1 heterocycles. The van der Waals surface area contributed by atoms with Gasteiger partial charge in [0.1, 0.15) is 0 Å². The van der Waals surface area contributed by atoms with Crippen LogP contribution in [0.2, 0.25) is 0 Å². The highest BCUT2D eigenvalue weighted by Gasteiger charge is 2.26. The highest BCUT2D eigenvalue weighted by atomic mass is 79.9. The zero-order chi connectivity index (χ0) is 24.7. The highest BCUT2D eigenvalue weighted by molar-refractivity contribution is 9.11. The van der Waals surface area contributed by atoms with E-state index >= 15 is 0 Å². The van der Waals surface area contributed by atoms with Crippen LogP contribution < -0.4 is 10.6 Å². The average molecular weight is 607 g/mol. The number of nitrogens with zero attached hydrogens (tertiary/aromatic N) is 3. The number of benzene rings is 2. The summed E-state index contributed by atoms with van der Waals surface area (Å²) in [6, 6.07) is 14.3. The van der Waals surface area contributed by atoms with Gasteiger partial charge in [0.05, 0.1) is 17.5 Å². The van der Waals surface area contributed by atoms with Gasteiger partial charge in [0.15, 0.2) is 11.0 Å². The number of anilines is 1. The fourth-order valence-corrected chi connectivity index (χ4v) is 4.65. The molecule has 178 valence electrons. The number of hydrogen-bond acceptors (Lipinski definition) is 5. The second kappa shape index (κ2) is 12.3. The van der Waals surface area contributed by atoms with E-state index in [0.717, 1.165) is 8.95 Å². The molecule has 0 aliphatic carbocycles. The Morgan fingerprint density at radius 3 is 2.56 bits per heavy atom. The number of amides is 2. The van der Waals surface area contributed by atoms with Gasteiger partial charge in [0, 0.05) is 21.1 Å². The molecule has 0 radical (unpaired) electrons. The third-order valence-corrected chi connectivity index (χ3v) is 7.01. The minimum Gasteiger partial charge on any atom is -0.342 e. The second-order valence-electron chi connectivity index (χ2n) is 7.76. The third kappa shape index (κ3) is 6.80. The van der Waals surface area contributed by atoms with Crippen molar-refractivity contribution in [1.29, 1.82) is 0 Å². The lowest BCUT2D eigenvalue weighted by atomic mass is 10.0. The number of carbonyl (C=O) groups excluding carboxylic acids is 2. The molecule has 34 heavy (non-hydrogen) atoms. The van der Waals surface area contributed by atoms with Crippen molar-refractivity contribution in [2.45, 2.75) is 31.6 Å². The number of hydrogen-bond donors (Lipinski definition) is 2. The Labute approximate surface area is 220 Å². The first-order valence-corrected chi connectivity index (χ1v) is 13.1. The maximum absolute atomic E-state index is 12.8. The van der Waals surface area contributed by atoms with Gasteiger partial charge in [0.2, 0.25) is 5.91 Å². The molecule has 2 amide bonds. The lowest BCUT2D eigenvalue weighted by Gasteiger charge is -2.22. The molecule has 2 N–H and O–H groups in total. The monoisotopic (exact) mass is 605 g/mol. The van der Waals surface area contributed by atoms with E-state index in [4.69, 9.17) is 0 Å². The van der Waals surface area contributed by atoms with Gasteiger partial charge in [-0.3, -0.25) is 9.59 Å². The molecule has 0 fully saturated rings. The van der Waals surface area contributed by atoms with Crippen LogP contribution in [0.5, 0.6) is 0 Å². The molecule has 7 nitrogen and oxygen atoms in total. The van der Waals surface area contributed by atoms with Gasteiger partial charge in [0.25, 0.3) is 5.91 Å². The van der Waals surface area contributed by atoms with Crippen LogP contribution in [0.3, 0.4) is 0 Å². The van der Waals surface area contributed by atoms with Crippen LogP contribution in [-0.2, 0) is 11.3 Å². The summed E-state index contributed by atoms with van der Waals surface area (Å²) in [5, 5.41) is 15.2. The normalized spacial score (nSPS) is 11.8. The maximum atomic E-state index is 12.8. The summed E-state index contributed by atoms with van der Waals surface area (Å²) >= 11 is 8.13. The molecule has 0 spiro atoms. The van der Waals surface area contributed by atoms with Crippen molar-refractivity contribution in [3.05, 3.63) is 81.5 Å². The molecule has 0 aliphatic rings. The Morgan fingerprint density at radius 2 is 1.88 bits per heavy atom. The molecule has 0 unspecified atom stereocenters. The predicted octanol–water partition coefficient (Wildman–Crippen LogP) is 5.85. The summed E-state index contributed by atoms with van der Waals surface area (Å²) in [7, 11) is 0. The Balaban J connectivity index is 1.75.